The number of halogens is 1. The molecule has 7 heteroatoms. The van der Waals surface area contributed by atoms with Crippen LogP contribution in [0.5, 0.6) is 5.75 Å². The first-order valence-electron chi connectivity index (χ1n) is 10.5. The zero-order chi connectivity index (χ0) is 21.7. The van der Waals surface area contributed by atoms with Crippen LogP contribution in [0.1, 0.15) is 43.7 Å². The van der Waals surface area contributed by atoms with E-state index >= 15 is 0 Å². The molecule has 0 heterocycles. The number of carbonyl (C=O) groups excluding carboxylic acids is 1. The maximum absolute atomic E-state index is 13.2. The number of ether oxygens (including phenoxy) is 1. The Balaban J connectivity index is 1.56. The summed E-state index contributed by atoms with van der Waals surface area (Å²) in [7, 11) is 0. The van der Waals surface area contributed by atoms with E-state index in [2.05, 4.69) is 5.09 Å². The normalized spacial score (nSPS) is 17.6. The van der Waals surface area contributed by atoms with Gasteiger partial charge in [-0.1, -0.05) is 73.2 Å². The van der Waals surface area contributed by atoms with Crippen molar-refractivity contribution in [1.29, 1.82) is 0 Å². The van der Waals surface area contributed by atoms with Gasteiger partial charge < -0.3 is 9.26 Å². The minimum Gasteiger partial charge on any atom is -0.461 e. The van der Waals surface area contributed by atoms with Crippen LogP contribution in [-0.4, -0.2) is 12.1 Å². The summed E-state index contributed by atoms with van der Waals surface area (Å²) < 4.78 is 24.7. The third kappa shape index (κ3) is 5.68. The Morgan fingerprint density at radius 3 is 2.39 bits per heavy atom. The van der Waals surface area contributed by atoms with Crippen molar-refractivity contribution < 1.29 is 18.6 Å². The number of fused-ring (bicyclic) bond motifs is 1. The summed E-state index contributed by atoms with van der Waals surface area (Å²) in [6.07, 6.45) is 4.81. The number of rotatable bonds is 7. The van der Waals surface area contributed by atoms with Crippen LogP contribution in [0.4, 0.5) is 0 Å². The topological polar surface area (TPSA) is 64.6 Å². The van der Waals surface area contributed by atoms with Crippen LogP contribution in [0.25, 0.3) is 10.8 Å². The molecule has 1 N–H and O–H groups in total. The van der Waals surface area contributed by atoms with E-state index in [1.807, 2.05) is 48.5 Å². The van der Waals surface area contributed by atoms with Crippen LogP contribution in [0.2, 0.25) is 0 Å². The number of hydrogen-bond acceptors (Lipinski definition) is 4. The van der Waals surface area contributed by atoms with E-state index in [9.17, 15) is 9.36 Å². The zero-order valence-electron chi connectivity index (χ0n) is 17.1. The van der Waals surface area contributed by atoms with Crippen molar-refractivity contribution in [3.8, 4) is 5.75 Å². The van der Waals surface area contributed by atoms with Gasteiger partial charge in [0, 0.05) is 16.6 Å². The Morgan fingerprint density at radius 1 is 0.935 bits per heavy atom. The van der Waals surface area contributed by atoms with Gasteiger partial charge in [0.1, 0.15) is 17.9 Å². The summed E-state index contributed by atoms with van der Waals surface area (Å²) in [6, 6.07) is 21.0. The van der Waals surface area contributed by atoms with Gasteiger partial charge in [0.25, 0.3) is 0 Å². The van der Waals surface area contributed by atoms with Gasteiger partial charge in [0.15, 0.2) is 0 Å². The number of hydrogen-bond donors (Lipinski definition) is 1. The van der Waals surface area contributed by atoms with Gasteiger partial charge in [-0.3, -0.25) is 0 Å². The van der Waals surface area contributed by atoms with E-state index in [0.29, 0.717) is 11.3 Å². The van der Waals surface area contributed by atoms with Crippen LogP contribution in [0.3, 0.4) is 0 Å². The van der Waals surface area contributed by atoms with E-state index in [1.165, 1.54) is 0 Å². The predicted octanol–water partition coefficient (Wildman–Crippen LogP) is 6.77. The highest BCUT2D eigenvalue weighted by Crippen LogP contribution is 2.51. The fourth-order valence-corrected chi connectivity index (χ4v) is 5.45. The van der Waals surface area contributed by atoms with Crippen molar-refractivity contribution in [3.05, 3.63) is 78.4 Å². The molecule has 1 aliphatic carbocycles. The lowest BCUT2D eigenvalue weighted by molar-refractivity contribution is -0.152. The van der Waals surface area contributed by atoms with Crippen LogP contribution in [0, 0.1) is 0 Å². The SMILES string of the molecule is O=C(OC1CCCCC1)[C@H](NP(=O)(Cl)Oc1cccc2ccccc12)c1ccccc1. The van der Waals surface area contributed by atoms with E-state index < -0.39 is 18.9 Å². The second kappa shape index (κ2) is 9.86. The third-order valence-corrected chi connectivity index (χ3v) is 6.95. The molecule has 0 bridgehead atoms. The molecule has 4 rings (SSSR count). The average molecular weight is 458 g/mol. The summed E-state index contributed by atoms with van der Waals surface area (Å²) in [5.41, 5.74) is 0.616. The summed E-state index contributed by atoms with van der Waals surface area (Å²) >= 11 is 6.32. The van der Waals surface area contributed by atoms with Crippen LogP contribution in [-0.2, 0) is 14.1 Å². The summed E-state index contributed by atoms with van der Waals surface area (Å²) in [5, 5.41) is 4.46. The van der Waals surface area contributed by atoms with Gasteiger partial charge in [0.05, 0.1) is 0 Å². The molecule has 0 aliphatic heterocycles. The molecular formula is C24H25ClNO4P. The van der Waals surface area contributed by atoms with E-state index in [4.69, 9.17) is 20.5 Å². The van der Waals surface area contributed by atoms with E-state index in [0.717, 1.165) is 42.9 Å². The van der Waals surface area contributed by atoms with E-state index in [1.54, 1.807) is 24.3 Å². The van der Waals surface area contributed by atoms with Crippen molar-refractivity contribution in [2.75, 3.05) is 0 Å². The molecule has 2 atom stereocenters. The van der Waals surface area contributed by atoms with Crippen LogP contribution < -0.4 is 9.61 Å². The van der Waals surface area contributed by atoms with Crippen LogP contribution >= 0.6 is 18.1 Å². The fraction of sp³-hybridized carbons (Fsp3) is 0.292. The molecule has 1 aliphatic rings. The molecule has 0 radical (unpaired) electrons. The smallest absolute Gasteiger partial charge is 0.410 e. The molecule has 0 aromatic heterocycles. The maximum atomic E-state index is 13.2. The largest absolute Gasteiger partial charge is 0.461 e. The van der Waals surface area contributed by atoms with Gasteiger partial charge in [-0.2, -0.15) is 0 Å². The van der Waals surface area contributed by atoms with Gasteiger partial charge in [0.2, 0.25) is 0 Å². The molecule has 31 heavy (non-hydrogen) atoms. The lowest BCUT2D eigenvalue weighted by Crippen LogP contribution is -2.32. The molecule has 0 saturated heterocycles. The van der Waals surface area contributed by atoms with Gasteiger partial charge in [-0.25, -0.2) is 14.4 Å². The second-order valence-corrected chi connectivity index (χ2v) is 10.5. The Kier molecular flexibility index (Phi) is 6.96. The minimum atomic E-state index is -3.93. The molecular weight excluding hydrogens is 433 g/mol. The molecule has 1 saturated carbocycles. The lowest BCUT2D eigenvalue weighted by atomic mass is 9.97. The molecule has 5 nitrogen and oxygen atoms in total. The van der Waals surface area contributed by atoms with Gasteiger partial charge in [-0.15, -0.1) is 0 Å². The summed E-state index contributed by atoms with van der Waals surface area (Å²) in [5.74, 6) is -0.114. The molecule has 3 aromatic rings. The monoisotopic (exact) mass is 457 g/mol. The molecule has 162 valence electrons. The Bertz CT molecular complexity index is 1080. The highest BCUT2D eigenvalue weighted by atomic mass is 35.7. The first kappa shape index (κ1) is 21.9. The van der Waals surface area contributed by atoms with Crippen LogP contribution in [0.15, 0.2) is 72.8 Å². The average Bonchev–Trinajstić information content (AvgIpc) is 2.79. The quantitative estimate of drug-likeness (QED) is 0.313. The van der Waals surface area contributed by atoms with Crippen molar-refractivity contribution in [2.45, 2.75) is 44.2 Å². The highest BCUT2D eigenvalue weighted by Gasteiger charge is 2.34. The molecule has 0 amide bonds. The maximum Gasteiger partial charge on any atom is 0.410 e. The van der Waals surface area contributed by atoms with Crippen molar-refractivity contribution in [3.63, 3.8) is 0 Å². The first-order valence-corrected chi connectivity index (χ1v) is 13.1. The van der Waals surface area contributed by atoms with Crippen molar-refractivity contribution in [2.24, 2.45) is 0 Å². The van der Waals surface area contributed by atoms with Gasteiger partial charge in [-0.05, 0) is 42.7 Å². The van der Waals surface area contributed by atoms with Crippen molar-refractivity contribution in [1.82, 2.24) is 5.09 Å². The molecule has 0 spiro atoms. The Hall–Kier alpha value is -2.33. The van der Waals surface area contributed by atoms with Gasteiger partial charge >= 0.3 is 12.8 Å². The standard InChI is InChI=1S/C24H25ClNO4P/c25-31(28,30-22-17-9-13-18-10-7-8-16-21(18)22)26-23(19-11-3-1-4-12-19)24(27)29-20-14-5-2-6-15-20/h1,3-4,7-13,16-17,20,23H,2,5-6,14-15H2,(H,26,28)/t23-,31?/m1/s1. The first-order chi connectivity index (χ1) is 15.0. The minimum absolute atomic E-state index is 0.122. The number of benzene rings is 3. The summed E-state index contributed by atoms with van der Waals surface area (Å²) in [4.78, 5) is 13.0. The molecule has 3 aromatic carbocycles. The third-order valence-electron chi connectivity index (χ3n) is 5.45. The lowest BCUT2D eigenvalue weighted by Gasteiger charge is -2.26. The summed E-state index contributed by atoms with van der Waals surface area (Å²) in [6.45, 7) is -3.93. The zero-order valence-corrected chi connectivity index (χ0v) is 18.7. The second-order valence-electron chi connectivity index (χ2n) is 7.72. The predicted molar refractivity (Wildman–Crippen MR) is 123 cm³/mol. The molecule has 1 unspecified atom stereocenters. The number of nitrogens with one attached hydrogen (secondary N) is 1. The molecule has 1 fully saturated rings. The number of carbonyl (C=O) groups is 1. The Labute approximate surface area is 187 Å². The Morgan fingerprint density at radius 2 is 1.61 bits per heavy atom. The van der Waals surface area contributed by atoms with Crippen molar-refractivity contribution >= 4 is 34.9 Å². The highest BCUT2D eigenvalue weighted by molar-refractivity contribution is 7.84. The van der Waals surface area contributed by atoms with E-state index in [-0.39, 0.29) is 6.10 Å². The number of esters is 1. The fourth-order valence-electron chi connectivity index (χ4n) is 3.91.